The second kappa shape index (κ2) is 8.20. The van der Waals surface area contributed by atoms with Gasteiger partial charge >= 0.3 is 5.92 Å². The summed E-state index contributed by atoms with van der Waals surface area (Å²) in [6.45, 7) is 7.51. The maximum atomic E-state index is 14.8. The van der Waals surface area contributed by atoms with E-state index in [1.54, 1.807) is 37.9 Å². The van der Waals surface area contributed by atoms with Gasteiger partial charge in [0.2, 0.25) is 0 Å². The Morgan fingerprint density at radius 2 is 1.89 bits per heavy atom. The third kappa shape index (κ3) is 3.92. The summed E-state index contributed by atoms with van der Waals surface area (Å²) in [6.07, 6.45) is 0. The lowest BCUT2D eigenvalue weighted by Gasteiger charge is -2.30. The molecule has 0 bridgehead atoms. The van der Waals surface area contributed by atoms with Gasteiger partial charge in [-0.3, -0.25) is 4.79 Å². The van der Waals surface area contributed by atoms with Crippen molar-refractivity contribution in [2.75, 3.05) is 24.4 Å². The zero-order valence-electron chi connectivity index (χ0n) is 20.9. The molecule has 0 fully saturated rings. The highest BCUT2D eigenvalue weighted by molar-refractivity contribution is 6.09. The van der Waals surface area contributed by atoms with Crippen LogP contribution in [0, 0.1) is 6.92 Å². The number of halogens is 2. The van der Waals surface area contributed by atoms with Gasteiger partial charge in [0.05, 0.1) is 11.2 Å². The number of fused-ring (bicyclic) bond motifs is 2. The Labute approximate surface area is 203 Å². The summed E-state index contributed by atoms with van der Waals surface area (Å²) in [5, 5.41) is 14.0. The number of anilines is 2. The van der Waals surface area contributed by atoms with Crippen molar-refractivity contribution in [1.29, 1.82) is 0 Å². The Balaban J connectivity index is 1.77. The number of hydrogen-bond donors (Lipinski definition) is 2. The van der Waals surface area contributed by atoms with Crippen molar-refractivity contribution in [3.63, 3.8) is 0 Å². The van der Waals surface area contributed by atoms with E-state index in [0.717, 1.165) is 13.8 Å². The maximum absolute atomic E-state index is 14.8. The fraction of sp³-hybridized carbons (Fsp3) is 0.423. The molecule has 3 aromatic rings. The molecule has 2 heterocycles. The van der Waals surface area contributed by atoms with Crippen LogP contribution in [0.25, 0.3) is 10.9 Å². The summed E-state index contributed by atoms with van der Waals surface area (Å²) in [5.41, 5.74) is -0.943. The highest BCUT2D eigenvalue weighted by Gasteiger charge is 2.48. The number of amides is 1. The first-order valence-corrected chi connectivity index (χ1v) is 11.3. The van der Waals surface area contributed by atoms with Crippen molar-refractivity contribution in [3.8, 4) is 0 Å². The van der Waals surface area contributed by atoms with Crippen molar-refractivity contribution in [2.45, 2.75) is 57.8 Å². The topological polar surface area (TPSA) is 87.6 Å². The van der Waals surface area contributed by atoms with Crippen LogP contribution in [-0.2, 0) is 21.1 Å². The minimum absolute atomic E-state index is 0.178. The van der Waals surface area contributed by atoms with Gasteiger partial charge in [-0.1, -0.05) is 18.2 Å². The minimum Gasteiger partial charge on any atom is -0.384 e. The van der Waals surface area contributed by atoms with Crippen LogP contribution >= 0.6 is 0 Å². The standard InChI is InChI=1S/C26H30F2N4O3/c1-14(16-9-8-10-17(11-16)26(27,28)24(3,4)34)29-22-18-12-19-21(13-20(18)30-15(2)31-22)32(6)23(33)25(19,5)35-7/h8-14,34H,1-7H3,(H,29,30,31)/t14-,25?/m1/s1. The van der Waals surface area contributed by atoms with Gasteiger partial charge in [0.15, 0.2) is 5.60 Å². The third-order valence-corrected chi connectivity index (χ3v) is 6.79. The van der Waals surface area contributed by atoms with Crippen LogP contribution in [0.3, 0.4) is 0 Å². The summed E-state index contributed by atoms with van der Waals surface area (Å²) >= 11 is 0. The molecule has 1 amide bonds. The molecule has 0 aliphatic carbocycles. The van der Waals surface area contributed by atoms with E-state index in [-0.39, 0.29) is 11.5 Å². The van der Waals surface area contributed by atoms with Crippen molar-refractivity contribution >= 4 is 28.3 Å². The number of benzene rings is 2. The minimum atomic E-state index is -3.43. The summed E-state index contributed by atoms with van der Waals surface area (Å²) in [4.78, 5) is 23.5. The molecule has 7 nitrogen and oxygen atoms in total. The number of aromatic nitrogens is 2. The number of ether oxygens (including phenoxy) is 1. The summed E-state index contributed by atoms with van der Waals surface area (Å²) < 4.78 is 35.1. The molecule has 1 aliphatic rings. The molecule has 1 aromatic heterocycles. The van der Waals surface area contributed by atoms with Gasteiger partial charge in [-0.05, 0) is 58.4 Å². The number of likely N-dealkylation sites (N-methyl/N-ethyl adjacent to an activating group) is 1. The number of carbonyl (C=O) groups is 1. The molecule has 2 N–H and O–H groups in total. The van der Waals surface area contributed by atoms with Crippen molar-refractivity contribution in [1.82, 2.24) is 9.97 Å². The van der Waals surface area contributed by atoms with E-state index in [9.17, 15) is 18.7 Å². The fourth-order valence-electron chi connectivity index (χ4n) is 4.44. The second-order valence-electron chi connectivity index (χ2n) is 9.73. The molecule has 1 unspecified atom stereocenters. The van der Waals surface area contributed by atoms with Crippen LogP contribution in [0.15, 0.2) is 36.4 Å². The Bertz CT molecular complexity index is 1320. The van der Waals surface area contributed by atoms with E-state index in [1.165, 1.54) is 19.2 Å². The van der Waals surface area contributed by atoms with Crippen molar-refractivity contribution in [2.24, 2.45) is 0 Å². The van der Waals surface area contributed by atoms with Crippen LogP contribution in [0.1, 0.15) is 56.3 Å². The zero-order chi connectivity index (χ0) is 25.9. The molecule has 0 saturated heterocycles. The molecule has 186 valence electrons. The number of rotatable bonds is 6. The highest BCUT2D eigenvalue weighted by Crippen LogP contribution is 2.44. The van der Waals surface area contributed by atoms with Gasteiger partial charge < -0.3 is 20.1 Å². The molecular weight excluding hydrogens is 454 g/mol. The number of alkyl halides is 2. The fourth-order valence-corrected chi connectivity index (χ4v) is 4.44. The number of aryl methyl sites for hydroxylation is 1. The molecule has 1 aliphatic heterocycles. The monoisotopic (exact) mass is 484 g/mol. The maximum Gasteiger partial charge on any atom is 0.300 e. The Kier molecular flexibility index (Phi) is 5.84. The SMILES string of the molecule is COC1(C)C(=O)N(C)c2cc3nc(C)nc(N[C@H](C)c4cccc(C(F)(F)C(C)(C)O)c4)c3cc21. The van der Waals surface area contributed by atoms with Gasteiger partial charge in [0.25, 0.3) is 5.91 Å². The lowest BCUT2D eigenvalue weighted by molar-refractivity contribution is -0.168. The molecule has 0 saturated carbocycles. The summed E-state index contributed by atoms with van der Waals surface area (Å²) in [6, 6.07) is 9.27. The van der Waals surface area contributed by atoms with Crippen LogP contribution in [0.5, 0.6) is 0 Å². The van der Waals surface area contributed by atoms with Gasteiger partial charge in [-0.25, -0.2) is 9.97 Å². The highest BCUT2D eigenvalue weighted by atomic mass is 19.3. The quantitative estimate of drug-likeness (QED) is 0.522. The van der Waals surface area contributed by atoms with Crippen LogP contribution < -0.4 is 10.2 Å². The molecule has 2 atom stereocenters. The smallest absolute Gasteiger partial charge is 0.300 e. The van der Waals surface area contributed by atoms with Crippen molar-refractivity contribution in [3.05, 3.63) is 58.9 Å². The average Bonchev–Trinajstić information content (AvgIpc) is 2.98. The average molecular weight is 485 g/mol. The molecule has 35 heavy (non-hydrogen) atoms. The molecular formula is C26H30F2N4O3. The number of nitrogens with one attached hydrogen (secondary N) is 1. The predicted octanol–water partition coefficient (Wildman–Crippen LogP) is 4.81. The number of nitrogens with zero attached hydrogens (tertiary/aromatic N) is 3. The molecule has 2 aromatic carbocycles. The van der Waals surface area contributed by atoms with Gasteiger partial charge in [0.1, 0.15) is 17.2 Å². The lowest BCUT2D eigenvalue weighted by Crippen LogP contribution is -2.40. The molecule has 4 rings (SSSR count). The summed E-state index contributed by atoms with van der Waals surface area (Å²) in [7, 11) is 3.19. The van der Waals surface area contributed by atoms with E-state index < -0.39 is 23.2 Å². The first-order chi connectivity index (χ1) is 16.2. The van der Waals surface area contributed by atoms with E-state index in [2.05, 4.69) is 15.3 Å². The van der Waals surface area contributed by atoms with Crippen LogP contribution in [0.4, 0.5) is 20.3 Å². The second-order valence-corrected chi connectivity index (χ2v) is 9.73. The van der Waals surface area contributed by atoms with E-state index in [1.807, 2.05) is 19.1 Å². The number of hydrogen-bond acceptors (Lipinski definition) is 6. The predicted molar refractivity (Wildman–Crippen MR) is 131 cm³/mol. The van der Waals surface area contributed by atoms with Crippen LogP contribution in [-0.4, -0.2) is 40.7 Å². The van der Waals surface area contributed by atoms with Gasteiger partial charge in [0, 0.05) is 36.7 Å². The van der Waals surface area contributed by atoms with E-state index in [0.29, 0.717) is 39.4 Å². The van der Waals surface area contributed by atoms with E-state index in [4.69, 9.17) is 4.74 Å². The summed E-state index contributed by atoms with van der Waals surface area (Å²) in [5.74, 6) is -2.56. The number of methoxy groups -OCH3 is 1. The Morgan fingerprint density at radius 3 is 2.51 bits per heavy atom. The zero-order valence-corrected chi connectivity index (χ0v) is 20.9. The first kappa shape index (κ1) is 24.9. The number of aliphatic hydroxyl groups is 1. The van der Waals surface area contributed by atoms with E-state index >= 15 is 0 Å². The van der Waals surface area contributed by atoms with Crippen LogP contribution in [0.2, 0.25) is 0 Å². The third-order valence-electron chi connectivity index (χ3n) is 6.79. The normalized spacial score (nSPS) is 19.3. The molecule has 9 heteroatoms. The number of carbonyl (C=O) groups excluding carboxylic acids is 1. The molecule has 0 spiro atoms. The van der Waals surface area contributed by atoms with Crippen molar-refractivity contribution < 1.29 is 23.4 Å². The Morgan fingerprint density at radius 1 is 1.20 bits per heavy atom. The van der Waals surface area contributed by atoms with Gasteiger partial charge in [-0.15, -0.1) is 0 Å². The first-order valence-electron chi connectivity index (χ1n) is 11.3. The Hall–Kier alpha value is -3.17. The molecule has 0 radical (unpaired) electrons. The lowest BCUT2D eigenvalue weighted by atomic mass is 9.91. The van der Waals surface area contributed by atoms with Gasteiger partial charge in [-0.2, -0.15) is 8.78 Å². The largest absolute Gasteiger partial charge is 0.384 e.